The lowest BCUT2D eigenvalue weighted by atomic mass is 9.90. The molecule has 5 nitrogen and oxygen atoms in total. The van der Waals surface area contributed by atoms with Crippen LogP contribution in [0.2, 0.25) is 0 Å². The van der Waals surface area contributed by atoms with Crippen molar-refractivity contribution in [1.29, 1.82) is 5.53 Å². The molecule has 1 fully saturated rings. The number of Topliss-reactive ketones (excluding diaryl/α,β-unsaturated/α-hetero) is 1. The summed E-state index contributed by atoms with van der Waals surface area (Å²) in [4.78, 5) is 22.0. The van der Waals surface area contributed by atoms with Gasteiger partial charge in [0, 0.05) is 6.42 Å². The van der Waals surface area contributed by atoms with Crippen LogP contribution in [0.1, 0.15) is 26.7 Å². The summed E-state index contributed by atoms with van der Waals surface area (Å²) in [5.74, 6) is -0.566. The average molecular weight is 184 g/mol. The summed E-state index contributed by atoms with van der Waals surface area (Å²) in [7, 11) is 0. The van der Waals surface area contributed by atoms with Gasteiger partial charge in [0.25, 0.3) is 0 Å². The molecule has 13 heavy (non-hydrogen) atoms. The predicted molar refractivity (Wildman–Crippen MR) is 43.3 cm³/mol. The van der Waals surface area contributed by atoms with Crippen LogP contribution in [-0.2, 0) is 14.3 Å². The third-order valence-corrected chi connectivity index (χ3v) is 2.46. The highest BCUT2D eigenvalue weighted by Gasteiger charge is 2.44. The summed E-state index contributed by atoms with van der Waals surface area (Å²) in [6.45, 7) is 2.87. The van der Waals surface area contributed by atoms with E-state index in [1.165, 1.54) is 13.8 Å². The maximum Gasteiger partial charge on any atom is 0.306 e. The lowest BCUT2D eigenvalue weighted by Crippen LogP contribution is -2.43. The van der Waals surface area contributed by atoms with Crippen LogP contribution in [0.4, 0.5) is 0 Å². The van der Waals surface area contributed by atoms with Crippen LogP contribution in [0.5, 0.6) is 0 Å². The van der Waals surface area contributed by atoms with Crippen molar-refractivity contribution in [2.24, 2.45) is 5.11 Å². The number of hydrogen-bond acceptors (Lipinski definition) is 5. The first-order valence-corrected chi connectivity index (χ1v) is 4.10. The highest BCUT2D eigenvalue weighted by molar-refractivity contribution is 5.87. The Labute approximate surface area is 76.0 Å². The molecule has 72 valence electrons. The Morgan fingerprint density at radius 2 is 2.38 bits per heavy atom. The third kappa shape index (κ3) is 1.59. The summed E-state index contributed by atoms with van der Waals surface area (Å²) in [6.07, 6.45) is 0.218. The molecule has 2 atom stereocenters. The first-order valence-electron chi connectivity index (χ1n) is 4.10. The zero-order valence-corrected chi connectivity index (χ0v) is 7.66. The van der Waals surface area contributed by atoms with Gasteiger partial charge in [0.2, 0.25) is 0 Å². The summed E-state index contributed by atoms with van der Waals surface area (Å²) < 4.78 is 4.91. The van der Waals surface area contributed by atoms with Gasteiger partial charge < -0.3 is 4.74 Å². The highest BCUT2D eigenvalue weighted by Crippen LogP contribution is 2.28. The maximum absolute atomic E-state index is 11.2. The van der Waals surface area contributed by atoms with E-state index < -0.39 is 11.6 Å². The quantitative estimate of drug-likeness (QED) is 0.526. The van der Waals surface area contributed by atoms with E-state index in [1.54, 1.807) is 0 Å². The Bertz CT molecular complexity index is 264. The lowest BCUT2D eigenvalue weighted by Gasteiger charge is -2.25. The first-order chi connectivity index (χ1) is 6.00. The number of nitrogens with zero attached hydrogens (tertiary/aromatic N) is 1. The number of nitrogens with one attached hydrogen (secondary N) is 1. The van der Waals surface area contributed by atoms with E-state index in [-0.39, 0.29) is 11.8 Å². The number of rotatable bonds is 3. The number of cyclic esters (lactones) is 1. The largest absolute Gasteiger partial charge is 0.459 e. The van der Waals surface area contributed by atoms with Crippen LogP contribution < -0.4 is 0 Å². The van der Waals surface area contributed by atoms with E-state index in [4.69, 9.17) is 10.3 Å². The molecule has 1 heterocycles. The minimum atomic E-state index is -1.19. The Kier molecular flexibility index (Phi) is 2.45. The summed E-state index contributed by atoms with van der Waals surface area (Å²) in [5.41, 5.74) is 5.74. The van der Waals surface area contributed by atoms with Crippen LogP contribution in [0.15, 0.2) is 5.11 Å². The van der Waals surface area contributed by atoms with Gasteiger partial charge in [-0.25, -0.2) is 5.53 Å². The first kappa shape index (κ1) is 9.83. The topological polar surface area (TPSA) is 79.6 Å². The van der Waals surface area contributed by atoms with Gasteiger partial charge in [-0.15, -0.1) is 0 Å². The Morgan fingerprint density at radius 3 is 2.69 bits per heavy atom. The second-order valence-electron chi connectivity index (χ2n) is 3.33. The minimum absolute atomic E-state index is 0.248. The van der Waals surface area contributed by atoms with Crippen molar-refractivity contribution < 1.29 is 14.3 Å². The molecule has 0 aromatic carbocycles. The van der Waals surface area contributed by atoms with E-state index in [1.807, 2.05) is 0 Å². The maximum atomic E-state index is 11.2. The van der Waals surface area contributed by atoms with Crippen molar-refractivity contribution in [3.8, 4) is 0 Å². The number of ketones is 1. The van der Waals surface area contributed by atoms with Gasteiger partial charge in [-0.1, -0.05) is 0 Å². The second kappa shape index (κ2) is 3.24. The normalized spacial score (nSPS) is 26.3. The van der Waals surface area contributed by atoms with Crippen molar-refractivity contribution in [2.45, 2.75) is 38.3 Å². The van der Waals surface area contributed by atoms with Crippen LogP contribution in [0.3, 0.4) is 0 Å². The van der Waals surface area contributed by atoms with Gasteiger partial charge in [-0.3, -0.25) is 9.59 Å². The van der Waals surface area contributed by atoms with E-state index >= 15 is 0 Å². The fraction of sp³-hybridized carbons (Fsp3) is 0.750. The SMILES string of the molecule is CC(=O)C(C)(N=N)C1CCC(=O)O1. The molecular weight excluding hydrogens is 172 g/mol. The number of carbonyl (C=O) groups is 2. The molecule has 0 bridgehead atoms. The lowest BCUT2D eigenvalue weighted by molar-refractivity contribution is -0.145. The molecule has 1 aliphatic rings. The molecule has 0 aromatic heterocycles. The standard InChI is InChI=1S/C8H12N2O3/c1-5(11)8(2,10-9)6-3-4-7(12)13-6/h6,9H,3-4H2,1-2H3. The molecule has 0 saturated carbocycles. The zero-order chi connectivity index (χ0) is 10.1. The smallest absolute Gasteiger partial charge is 0.306 e. The molecule has 0 radical (unpaired) electrons. The molecule has 1 N–H and O–H groups in total. The number of esters is 1. The van der Waals surface area contributed by atoms with Gasteiger partial charge in [-0.05, 0) is 20.3 Å². The van der Waals surface area contributed by atoms with Gasteiger partial charge >= 0.3 is 5.97 Å². The fourth-order valence-electron chi connectivity index (χ4n) is 1.30. The monoisotopic (exact) mass is 184 g/mol. The van der Waals surface area contributed by atoms with Crippen LogP contribution in [0, 0.1) is 5.53 Å². The Morgan fingerprint density at radius 1 is 1.77 bits per heavy atom. The molecule has 0 aliphatic carbocycles. The Balaban J connectivity index is 2.83. The molecular formula is C8H12N2O3. The van der Waals surface area contributed by atoms with E-state index in [0.29, 0.717) is 12.8 Å². The molecule has 0 spiro atoms. The highest BCUT2D eigenvalue weighted by atomic mass is 16.6. The number of hydrogen-bond donors (Lipinski definition) is 1. The summed E-state index contributed by atoms with van der Waals surface area (Å²) in [5, 5.41) is 3.26. The average Bonchev–Trinajstić information content (AvgIpc) is 2.50. The summed E-state index contributed by atoms with van der Waals surface area (Å²) in [6, 6.07) is 0. The predicted octanol–water partition coefficient (Wildman–Crippen LogP) is 1.07. The molecule has 0 amide bonds. The second-order valence-corrected chi connectivity index (χ2v) is 3.33. The van der Waals surface area contributed by atoms with Gasteiger partial charge in [0.05, 0.1) is 0 Å². The van der Waals surface area contributed by atoms with Gasteiger partial charge in [0.15, 0.2) is 11.3 Å². The number of ether oxygens (including phenoxy) is 1. The zero-order valence-electron chi connectivity index (χ0n) is 7.66. The number of carbonyl (C=O) groups excluding carboxylic acids is 2. The third-order valence-electron chi connectivity index (χ3n) is 2.46. The van der Waals surface area contributed by atoms with Crippen LogP contribution in [-0.4, -0.2) is 23.4 Å². The molecule has 2 unspecified atom stereocenters. The van der Waals surface area contributed by atoms with Crippen molar-refractivity contribution in [3.63, 3.8) is 0 Å². The van der Waals surface area contributed by atoms with Crippen molar-refractivity contribution in [3.05, 3.63) is 0 Å². The van der Waals surface area contributed by atoms with E-state index in [2.05, 4.69) is 5.11 Å². The van der Waals surface area contributed by atoms with Crippen LogP contribution in [0.25, 0.3) is 0 Å². The fourth-order valence-corrected chi connectivity index (χ4v) is 1.30. The molecule has 5 heteroatoms. The van der Waals surface area contributed by atoms with Crippen LogP contribution >= 0.6 is 0 Å². The van der Waals surface area contributed by atoms with E-state index in [9.17, 15) is 9.59 Å². The minimum Gasteiger partial charge on any atom is -0.459 e. The Hall–Kier alpha value is -1.26. The van der Waals surface area contributed by atoms with Crippen molar-refractivity contribution in [2.75, 3.05) is 0 Å². The van der Waals surface area contributed by atoms with Gasteiger partial charge in [-0.2, -0.15) is 5.11 Å². The molecule has 0 aromatic rings. The molecule has 1 aliphatic heterocycles. The summed E-state index contributed by atoms with van der Waals surface area (Å²) >= 11 is 0. The van der Waals surface area contributed by atoms with Gasteiger partial charge in [0.1, 0.15) is 6.10 Å². The van der Waals surface area contributed by atoms with Crippen molar-refractivity contribution >= 4 is 11.8 Å². The molecule has 1 rings (SSSR count). The van der Waals surface area contributed by atoms with Crippen molar-refractivity contribution in [1.82, 2.24) is 0 Å². The molecule has 1 saturated heterocycles. The van der Waals surface area contributed by atoms with E-state index in [0.717, 1.165) is 0 Å².